The van der Waals surface area contributed by atoms with Gasteiger partial charge in [-0.1, -0.05) is 29.3 Å². The van der Waals surface area contributed by atoms with Gasteiger partial charge in [-0.15, -0.1) is 11.3 Å². The number of aromatic nitrogens is 2. The predicted molar refractivity (Wildman–Crippen MR) is 91.7 cm³/mol. The van der Waals surface area contributed by atoms with Gasteiger partial charge in [0, 0.05) is 10.9 Å². The van der Waals surface area contributed by atoms with Crippen LogP contribution in [0.1, 0.15) is 13.0 Å². The third-order valence-corrected chi connectivity index (χ3v) is 5.15. The minimum Gasteiger partial charge on any atom is -0.480 e. The average Bonchev–Trinajstić information content (AvgIpc) is 2.94. The van der Waals surface area contributed by atoms with Crippen LogP contribution in [0.25, 0.3) is 21.3 Å². The van der Waals surface area contributed by atoms with Gasteiger partial charge in [-0.2, -0.15) is 0 Å². The number of thiophene rings is 1. The highest BCUT2D eigenvalue weighted by atomic mass is 35.5. The first-order chi connectivity index (χ1) is 10.9. The molecule has 0 saturated carbocycles. The number of carbonyl (C=O) groups is 1. The molecule has 23 heavy (non-hydrogen) atoms. The largest absolute Gasteiger partial charge is 0.480 e. The van der Waals surface area contributed by atoms with Gasteiger partial charge in [0.2, 0.25) is 0 Å². The Balaban J connectivity index is 2.27. The van der Waals surface area contributed by atoms with Crippen LogP contribution >= 0.6 is 34.5 Å². The molecule has 3 aromatic rings. The topological polar surface area (TPSA) is 72.2 Å². The zero-order chi connectivity index (χ0) is 16.7. The van der Waals surface area contributed by atoms with E-state index in [0.717, 1.165) is 10.1 Å². The van der Waals surface area contributed by atoms with Gasteiger partial charge >= 0.3 is 5.97 Å². The molecule has 1 unspecified atom stereocenters. The predicted octanol–water partition coefficient (Wildman–Crippen LogP) is 4.08. The molecule has 0 bridgehead atoms. The molecule has 0 amide bonds. The zero-order valence-electron chi connectivity index (χ0n) is 11.8. The summed E-state index contributed by atoms with van der Waals surface area (Å²) in [5.74, 6) is -1.10. The highest BCUT2D eigenvalue weighted by Crippen LogP contribution is 2.34. The first kappa shape index (κ1) is 16.0. The lowest BCUT2D eigenvalue weighted by Crippen LogP contribution is -2.28. The quantitative estimate of drug-likeness (QED) is 0.755. The van der Waals surface area contributed by atoms with E-state index in [0.29, 0.717) is 25.8 Å². The van der Waals surface area contributed by atoms with E-state index in [1.165, 1.54) is 24.6 Å². The summed E-state index contributed by atoms with van der Waals surface area (Å²) >= 11 is 13.3. The third-order valence-electron chi connectivity index (χ3n) is 3.52. The van der Waals surface area contributed by atoms with E-state index in [4.69, 9.17) is 28.3 Å². The van der Waals surface area contributed by atoms with E-state index in [1.54, 1.807) is 23.6 Å². The molecule has 1 aromatic carbocycles. The average molecular weight is 369 g/mol. The molecule has 0 radical (unpaired) electrons. The van der Waals surface area contributed by atoms with Crippen molar-refractivity contribution in [1.29, 1.82) is 0 Å². The molecule has 1 atom stereocenters. The fourth-order valence-corrected chi connectivity index (χ4v) is 3.42. The monoisotopic (exact) mass is 368 g/mol. The Hall–Kier alpha value is -1.89. The van der Waals surface area contributed by atoms with Crippen molar-refractivity contribution in [3.63, 3.8) is 0 Å². The standard InChI is InChI=1S/C15H10Cl2N2O3S/c1-7(15(21)22)19-6-18-13-12(14(19)20)9(5-23-13)8-2-3-10(16)11(17)4-8/h2-7H,1H3,(H,21,22). The van der Waals surface area contributed by atoms with Crippen LogP contribution in [0.3, 0.4) is 0 Å². The van der Waals surface area contributed by atoms with Crippen molar-refractivity contribution in [2.75, 3.05) is 0 Å². The van der Waals surface area contributed by atoms with Gasteiger partial charge in [0.1, 0.15) is 10.9 Å². The van der Waals surface area contributed by atoms with Crippen LogP contribution in [0.15, 0.2) is 34.7 Å². The maximum absolute atomic E-state index is 12.7. The van der Waals surface area contributed by atoms with E-state index < -0.39 is 17.6 Å². The summed E-state index contributed by atoms with van der Waals surface area (Å²) in [7, 11) is 0. The molecule has 0 aliphatic rings. The lowest BCUT2D eigenvalue weighted by atomic mass is 10.1. The van der Waals surface area contributed by atoms with Gasteiger partial charge in [0.05, 0.1) is 21.8 Å². The Morgan fingerprint density at radius 2 is 2.09 bits per heavy atom. The molecule has 2 heterocycles. The van der Waals surface area contributed by atoms with Gasteiger partial charge < -0.3 is 5.11 Å². The van der Waals surface area contributed by atoms with Gasteiger partial charge in [-0.25, -0.2) is 9.78 Å². The molecule has 1 N–H and O–H groups in total. The first-order valence-electron chi connectivity index (χ1n) is 6.56. The minimum absolute atomic E-state index is 0.379. The maximum Gasteiger partial charge on any atom is 0.326 e. The Bertz CT molecular complexity index is 981. The van der Waals surface area contributed by atoms with E-state index in [9.17, 15) is 9.59 Å². The highest BCUT2D eigenvalue weighted by Gasteiger charge is 2.19. The van der Waals surface area contributed by atoms with E-state index in [1.807, 2.05) is 0 Å². The third kappa shape index (κ3) is 2.73. The molecular weight excluding hydrogens is 359 g/mol. The number of rotatable bonds is 3. The molecule has 5 nitrogen and oxygen atoms in total. The van der Waals surface area contributed by atoms with Crippen molar-refractivity contribution in [2.24, 2.45) is 0 Å². The minimum atomic E-state index is -1.10. The van der Waals surface area contributed by atoms with Crippen molar-refractivity contribution in [2.45, 2.75) is 13.0 Å². The number of aliphatic carboxylic acids is 1. The summed E-state index contributed by atoms with van der Waals surface area (Å²) < 4.78 is 1.11. The Kier molecular flexibility index (Phi) is 4.14. The Morgan fingerprint density at radius 3 is 2.74 bits per heavy atom. The van der Waals surface area contributed by atoms with Gasteiger partial charge in [0.25, 0.3) is 5.56 Å². The number of carboxylic acids is 1. The summed E-state index contributed by atoms with van der Waals surface area (Å²) in [5, 5.41) is 12.1. The summed E-state index contributed by atoms with van der Waals surface area (Å²) in [5.41, 5.74) is 0.991. The van der Waals surface area contributed by atoms with Crippen LogP contribution in [0.4, 0.5) is 0 Å². The maximum atomic E-state index is 12.7. The number of hydrogen-bond donors (Lipinski definition) is 1. The van der Waals surface area contributed by atoms with Crippen molar-refractivity contribution in [3.8, 4) is 11.1 Å². The molecule has 0 spiro atoms. The summed E-state index contributed by atoms with van der Waals surface area (Å²) in [6.07, 6.45) is 1.26. The number of benzene rings is 1. The number of fused-ring (bicyclic) bond motifs is 1. The second kappa shape index (κ2) is 5.96. The normalized spacial score (nSPS) is 12.5. The fourth-order valence-electron chi connectivity index (χ4n) is 2.22. The molecule has 8 heteroatoms. The summed E-state index contributed by atoms with van der Waals surface area (Å²) in [6, 6.07) is 4.08. The first-order valence-corrected chi connectivity index (χ1v) is 8.20. The Labute approximate surface area is 144 Å². The van der Waals surface area contributed by atoms with Crippen LogP contribution < -0.4 is 5.56 Å². The molecule has 0 aliphatic carbocycles. The molecule has 0 fully saturated rings. The second-order valence-electron chi connectivity index (χ2n) is 4.93. The smallest absolute Gasteiger partial charge is 0.326 e. The van der Waals surface area contributed by atoms with Crippen LogP contribution in [0.5, 0.6) is 0 Å². The molecule has 2 aromatic heterocycles. The van der Waals surface area contributed by atoms with Crippen molar-refractivity contribution in [1.82, 2.24) is 9.55 Å². The molecule has 3 rings (SSSR count). The summed E-state index contributed by atoms with van der Waals surface area (Å²) in [4.78, 5) is 28.6. The zero-order valence-corrected chi connectivity index (χ0v) is 14.1. The lowest BCUT2D eigenvalue weighted by Gasteiger charge is -2.10. The Morgan fingerprint density at radius 1 is 1.35 bits per heavy atom. The molecule has 118 valence electrons. The molecular formula is C15H10Cl2N2O3S. The number of carboxylic acid groups (broad SMARTS) is 1. The van der Waals surface area contributed by atoms with Gasteiger partial charge in [-0.3, -0.25) is 9.36 Å². The van der Waals surface area contributed by atoms with E-state index >= 15 is 0 Å². The van der Waals surface area contributed by atoms with Crippen LogP contribution in [-0.2, 0) is 4.79 Å². The van der Waals surface area contributed by atoms with Crippen molar-refractivity contribution < 1.29 is 9.90 Å². The van der Waals surface area contributed by atoms with Gasteiger partial charge in [-0.05, 0) is 24.6 Å². The van der Waals surface area contributed by atoms with Crippen LogP contribution in [0.2, 0.25) is 10.0 Å². The van der Waals surface area contributed by atoms with Crippen molar-refractivity contribution in [3.05, 3.63) is 50.3 Å². The fraction of sp³-hybridized carbons (Fsp3) is 0.133. The van der Waals surface area contributed by atoms with Crippen LogP contribution in [-0.4, -0.2) is 20.6 Å². The molecule has 0 saturated heterocycles. The summed E-state index contributed by atoms with van der Waals surface area (Å²) in [6.45, 7) is 1.43. The molecule has 0 aliphatic heterocycles. The van der Waals surface area contributed by atoms with Gasteiger partial charge in [0.15, 0.2) is 0 Å². The highest BCUT2D eigenvalue weighted by molar-refractivity contribution is 7.17. The van der Waals surface area contributed by atoms with E-state index in [2.05, 4.69) is 4.98 Å². The SMILES string of the molecule is CC(C(=O)O)n1cnc2scc(-c3ccc(Cl)c(Cl)c3)c2c1=O. The number of nitrogens with zero attached hydrogens (tertiary/aromatic N) is 2. The van der Waals surface area contributed by atoms with E-state index in [-0.39, 0.29) is 0 Å². The van der Waals surface area contributed by atoms with Crippen molar-refractivity contribution >= 4 is 50.7 Å². The van der Waals surface area contributed by atoms with Crippen LogP contribution in [0, 0.1) is 0 Å². The second-order valence-corrected chi connectivity index (χ2v) is 6.60. The lowest BCUT2D eigenvalue weighted by molar-refractivity contribution is -0.140. The number of halogens is 2. The number of hydrogen-bond acceptors (Lipinski definition) is 4.